The van der Waals surface area contributed by atoms with Crippen LogP contribution >= 0.6 is 0 Å². The van der Waals surface area contributed by atoms with Crippen molar-refractivity contribution in [3.63, 3.8) is 0 Å². The molecule has 1 atom stereocenters. The first-order chi connectivity index (χ1) is 9.66. The van der Waals surface area contributed by atoms with Crippen LogP contribution in [-0.4, -0.2) is 4.98 Å². The second-order valence-corrected chi connectivity index (χ2v) is 5.26. The van der Waals surface area contributed by atoms with Gasteiger partial charge in [0.2, 0.25) is 0 Å². The molecule has 0 saturated heterocycles. The van der Waals surface area contributed by atoms with Crippen LogP contribution in [0.4, 0.5) is 0 Å². The zero-order valence-corrected chi connectivity index (χ0v) is 11.8. The van der Waals surface area contributed by atoms with Gasteiger partial charge in [0.1, 0.15) is 0 Å². The molecule has 0 amide bonds. The summed E-state index contributed by atoms with van der Waals surface area (Å²) in [5.41, 5.74) is 11.0. The van der Waals surface area contributed by atoms with Gasteiger partial charge in [0.05, 0.1) is 11.7 Å². The monoisotopic (exact) mass is 262 g/mol. The average molecular weight is 262 g/mol. The molecule has 2 aromatic carbocycles. The predicted octanol–water partition coefficient (Wildman–Crippen LogP) is 3.90. The van der Waals surface area contributed by atoms with Gasteiger partial charge in [-0.15, -0.1) is 0 Å². The van der Waals surface area contributed by atoms with E-state index in [1.165, 1.54) is 16.5 Å². The van der Waals surface area contributed by atoms with Crippen molar-refractivity contribution in [2.75, 3.05) is 0 Å². The number of pyridine rings is 1. The highest BCUT2D eigenvalue weighted by Gasteiger charge is 2.15. The summed E-state index contributed by atoms with van der Waals surface area (Å²) in [5, 5.41) is 2.31. The van der Waals surface area contributed by atoms with E-state index in [-0.39, 0.29) is 6.04 Å². The topological polar surface area (TPSA) is 38.9 Å². The van der Waals surface area contributed by atoms with Crippen molar-refractivity contribution < 1.29 is 0 Å². The lowest BCUT2D eigenvalue weighted by molar-refractivity contribution is 0.830. The number of aryl methyl sites for hydroxylation is 2. The molecule has 0 aliphatic rings. The Hall–Kier alpha value is -2.19. The molecule has 0 aliphatic carbocycles. The molecule has 0 spiro atoms. The van der Waals surface area contributed by atoms with Crippen LogP contribution in [0.25, 0.3) is 10.8 Å². The van der Waals surface area contributed by atoms with E-state index in [0.717, 1.165) is 16.6 Å². The lowest BCUT2D eigenvalue weighted by Gasteiger charge is -2.17. The molecule has 0 aliphatic heterocycles. The summed E-state index contributed by atoms with van der Waals surface area (Å²) in [4.78, 5) is 4.53. The first-order valence-electron chi connectivity index (χ1n) is 6.83. The van der Waals surface area contributed by atoms with Gasteiger partial charge < -0.3 is 5.73 Å². The Bertz CT molecular complexity index is 757. The van der Waals surface area contributed by atoms with E-state index in [4.69, 9.17) is 5.73 Å². The van der Waals surface area contributed by atoms with E-state index in [0.29, 0.717) is 0 Å². The highest BCUT2D eigenvalue weighted by molar-refractivity contribution is 5.85. The van der Waals surface area contributed by atoms with Crippen molar-refractivity contribution in [1.82, 2.24) is 4.98 Å². The molecule has 3 rings (SSSR count). The minimum Gasteiger partial charge on any atom is -0.319 e. The number of fused-ring (bicyclic) bond motifs is 1. The first-order valence-corrected chi connectivity index (χ1v) is 6.83. The fourth-order valence-electron chi connectivity index (χ4n) is 2.63. The van der Waals surface area contributed by atoms with Crippen LogP contribution in [0, 0.1) is 13.8 Å². The summed E-state index contributed by atoms with van der Waals surface area (Å²) >= 11 is 0. The Morgan fingerprint density at radius 3 is 2.65 bits per heavy atom. The van der Waals surface area contributed by atoms with Crippen LogP contribution in [-0.2, 0) is 0 Å². The van der Waals surface area contributed by atoms with E-state index in [9.17, 15) is 0 Å². The summed E-state index contributed by atoms with van der Waals surface area (Å²) in [6.45, 7) is 4.19. The summed E-state index contributed by atoms with van der Waals surface area (Å²) in [7, 11) is 0. The number of hydrogen-bond donors (Lipinski definition) is 1. The molecule has 0 saturated carbocycles. The van der Waals surface area contributed by atoms with Crippen molar-refractivity contribution in [3.05, 3.63) is 77.1 Å². The number of nitrogens with two attached hydrogens (primary N) is 1. The van der Waals surface area contributed by atoms with Crippen molar-refractivity contribution in [2.24, 2.45) is 5.73 Å². The molecule has 1 aromatic heterocycles. The van der Waals surface area contributed by atoms with Gasteiger partial charge in [-0.25, -0.2) is 0 Å². The van der Waals surface area contributed by atoms with Gasteiger partial charge in [0.15, 0.2) is 0 Å². The third-order valence-electron chi connectivity index (χ3n) is 3.77. The Labute approximate surface area is 119 Å². The minimum absolute atomic E-state index is 0.194. The molecule has 1 heterocycles. The molecule has 2 N–H and O–H groups in total. The zero-order chi connectivity index (χ0) is 14.1. The van der Waals surface area contributed by atoms with Crippen molar-refractivity contribution in [3.8, 4) is 0 Å². The van der Waals surface area contributed by atoms with Crippen molar-refractivity contribution >= 4 is 10.8 Å². The number of hydrogen-bond acceptors (Lipinski definition) is 2. The summed E-state index contributed by atoms with van der Waals surface area (Å²) < 4.78 is 0. The highest BCUT2D eigenvalue weighted by atomic mass is 14.8. The van der Waals surface area contributed by atoms with E-state index < -0.39 is 0 Å². The summed E-state index contributed by atoms with van der Waals surface area (Å²) in [6.07, 6.45) is 1.84. The van der Waals surface area contributed by atoms with E-state index in [2.05, 4.69) is 49.2 Å². The molecule has 1 unspecified atom stereocenters. The SMILES string of the molecule is Cc1ccc(C)c(C(N)c2nccc3ccccc23)c1. The van der Waals surface area contributed by atoms with Crippen LogP contribution in [0.15, 0.2) is 54.7 Å². The first kappa shape index (κ1) is 12.8. The van der Waals surface area contributed by atoms with Crippen molar-refractivity contribution in [1.29, 1.82) is 0 Å². The van der Waals surface area contributed by atoms with Gasteiger partial charge in [-0.3, -0.25) is 4.98 Å². The minimum atomic E-state index is -0.194. The maximum atomic E-state index is 6.49. The maximum absolute atomic E-state index is 6.49. The van der Waals surface area contributed by atoms with E-state index in [1.54, 1.807) is 0 Å². The quantitative estimate of drug-likeness (QED) is 0.760. The molecule has 20 heavy (non-hydrogen) atoms. The lowest BCUT2D eigenvalue weighted by atomic mass is 9.94. The summed E-state index contributed by atoms with van der Waals surface area (Å²) in [5.74, 6) is 0. The smallest absolute Gasteiger partial charge is 0.0735 e. The molecule has 2 nitrogen and oxygen atoms in total. The number of rotatable bonds is 2. The van der Waals surface area contributed by atoms with Crippen LogP contribution in [0.2, 0.25) is 0 Å². The second-order valence-electron chi connectivity index (χ2n) is 5.26. The van der Waals surface area contributed by atoms with Crippen LogP contribution in [0.3, 0.4) is 0 Å². The molecule has 100 valence electrons. The summed E-state index contributed by atoms with van der Waals surface area (Å²) in [6, 6.07) is 16.5. The molecule has 3 aromatic rings. The zero-order valence-electron chi connectivity index (χ0n) is 11.8. The van der Waals surface area contributed by atoms with Gasteiger partial charge in [-0.1, -0.05) is 48.0 Å². The van der Waals surface area contributed by atoms with Crippen molar-refractivity contribution in [2.45, 2.75) is 19.9 Å². The average Bonchev–Trinajstić information content (AvgIpc) is 2.48. The van der Waals surface area contributed by atoms with Crippen LogP contribution in [0.5, 0.6) is 0 Å². The van der Waals surface area contributed by atoms with E-state index >= 15 is 0 Å². The number of nitrogens with zero attached hydrogens (tertiary/aromatic N) is 1. The van der Waals surface area contributed by atoms with Gasteiger partial charge in [0.25, 0.3) is 0 Å². The maximum Gasteiger partial charge on any atom is 0.0735 e. The van der Waals surface area contributed by atoms with Gasteiger partial charge in [-0.05, 0) is 36.4 Å². The largest absolute Gasteiger partial charge is 0.319 e. The van der Waals surface area contributed by atoms with Gasteiger partial charge in [-0.2, -0.15) is 0 Å². The second kappa shape index (κ2) is 5.06. The Morgan fingerprint density at radius 2 is 1.80 bits per heavy atom. The highest BCUT2D eigenvalue weighted by Crippen LogP contribution is 2.27. The number of benzene rings is 2. The predicted molar refractivity (Wildman–Crippen MR) is 83.7 cm³/mol. The van der Waals surface area contributed by atoms with Gasteiger partial charge in [0, 0.05) is 11.6 Å². The Morgan fingerprint density at radius 1 is 1.00 bits per heavy atom. The normalized spacial score (nSPS) is 12.6. The Kier molecular flexibility index (Phi) is 3.25. The molecule has 0 bridgehead atoms. The lowest BCUT2D eigenvalue weighted by Crippen LogP contribution is -2.15. The molecular weight excluding hydrogens is 244 g/mol. The van der Waals surface area contributed by atoms with E-state index in [1.807, 2.05) is 24.4 Å². The Balaban J connectivity index is 2.17. The van der Waals surface area contributed by atoms with Crippen LogP contribution < -0.4 is 5.73 Å². The molecule has 0 radical (unpaired) electrons. The fourth-order valence-corrected chi connectivity index (χ4v) is 2.63. The van der Waals surface area contributed by atoms with Crippen LogP contribution in [0.1, 0.15) is 28.4 Å². The third-order valence-corrected chi connectivity index (χ3v) is 3.77. The fraction of sp³-hybridized carbons (Fsp3) is 0.167. The standard InChI is InChI=1S/C18H18N2/c1-12-7-8-13(2)16(11-12)17(19)18-15-6-4-3-5-14(15)9-10-20-18/h3-11,17H,19H2,1-2H3. The van der Waals surface area contributed by atoms with Gasteiger partial charge >= 0.3 is 0 Å². The molecular formula is C18H18N2. The molecule has 2 heteroatoms. The molecule has 0 fully saturated rings. The third kappa shape index (κ3) is 2.19. The number of aromatic nitrogens is 1.